The molecule has 0 amide bonds. The van der Waals surface area contributed by atoms with Gasteiger partial charge >= 0.3 is 0 Å². The number of aliphatic hydroxyl groups is 2. The molecule has 0 aromatic carbocycles. The van der Waals surface area contributed by atoms with E-state index in [0.717, 1.165) is 6.42 Å². The Bertz CT molecular complexity index is 914. The third kappa shape index (κ3) is 1.99. The van der Waals surface area contributed by atoms with E-state index in [1.165, 1.54) is 7.11 Å². The van der Waals surface area contributed by atoms with Crippen LogP contribution in [0.3, 0.4) is 0 Å². The standard InChI is InChI=1S/C21H27N3O6/c1-8-17(26)13-12(18(27)19(8)29-3)11(7-25)24-16-14-9(6-10(20(24)28)22(14)2)21-23(15(13)16)4-5-30-21/h9-11,14-16,20-21,25,28H,4-7H2,1-3H3/t9?,10?,11-,14?,15?,16?,20-,21?/m1/s1. The minimum atomic E-state index is -0.837. The summed E-state index contributed by atoms with van der Waals surface area (Å²) in [5, 5.41) is 21.7. The van der Waals surface area contributed by atoms with Gasteiger partial charge in [-0.2, -0.15) is 0 Å². The van der Waals surface area contributed by atoms with E-state index >= 15 is 0 Å². The van der Waals surface area contributed by atoms with E-state index in [-0.39, 0.29) is 65.8 Å². The second-order valence-corrected chi connectivity index (χ2v) is 9.26. The lowest BCUT2D eigenvalue weighted by Gasteiger charge is -2.61. The first-order valence-corrected chi connectivity index (χ1v) is 10.7. The molecule has 8 atom stereocenters. The first-order chi connectivity index (χ1) is 14.4. The van der Waals surface area contributed by atoms with E-state index in [9.17, 15) is 19.8 Å². The molecule has 0 aromatic rings. The normalized spacial score (nSPS) is 45.9. The van der Waals surface area contributed by atoms with Crippen molar-refractivity contribution in [3.8, 4) is 0 Å². The Balaban J connectivity index is 1.61. The highest BCUT2D eigenvalue weighted by Crippen LogP contribution is 2.54. The van der Waals surface area contributed by atoms with Gasteiger partial charge in [0, 0.05) is 47.3 Å². The van der Waals surface area contributed by atoms with Crippen molar-refractivity contribution in [1.29, 1.82) is 0 Å². The minimum absolute atomic E-state index is 0.0325. The monoisotopic (exact) mass is 417 g/mol. The van der Waals surface area contributed by atoms with Crippen LogP contribution in [0.4, 0.5) is 0 Å². The van der Waals surface area contributed by atoms with Gasteiger partial charge in [-0.1, -0.05) is 0 Å². The van der Waals surface area contributed by atoms with Crippen LogP contribution >= 0.6 is 0 Å². The van der Waals surface area contributed by atoms with Gasteiger partial charge in [-0.3, -0.25) is 24.3 Å². The van der Waals surface area contributed by atoms with E-state index in [4.69, 9.17) is 9.47 Å². The zero-order valence-electron chi connectivity index (χ0n) is 17.3. The number of ether oxygens (including phenoxy) is 2. The van der Waals surface area contributed by atoms with Crippen LogP contribution in [0.25, 0.3) is 0 Å². The van der Waals surface area contributed by atoms with Crippen molar-refractivity contribution in [3.05, 3.63) is 22.5 Å². The smallest absolute Gasteiger partial charge is 0.226 e. The molecule has 2 N–H and O–H groups in total. The van der Waals surface area contributed by atoms with Crippen LogP contribution in [0.5, 0.6) is 0 Å². The van der Waals surface area contributed by atoms with Gasteiger partial charge in [-0.05, 0) is 20.4 Å². The van der Waals surface area contributed by atoms with Crippen molar-refractivity contribution >= 4 is 11.6 Å². The Morgan fingerprint density at radius 2 is 1.97 bits per heavy atom. The third-order valence-electron chi connectivity index (χ3n) is 8.33. The van der Waals surface area contributed by atoms with Crippen molar-refractivity contribution in [3.63, 3.8) is 0 Å². The number of Topliss-reactive ketones (excluding diaryl/α,β-unsaturated/α-hetero) is 2. The maximum atomic E-state index is 13.6. The predicted molar refractivity (Wildman–Crippen MR) is 103 cm³/mol. The Morgan fingerprint density at radius 3 is 2.67 bits per heavy atom. The van der Waals surface area contributed by atoms with Crippen molar-refractivity contribution < 1.29 is 29.3 Å². The molecule has 30 heavy (non-hydrogen) atoms. The summed E-state index contributed by atoms with van der Waals surface area (Å²) in [6.45, 7) is 2.54. The van der Waals surface area contributed by atoms with Gasteiger partial charge in [0.1, 0.15) is 12.5 Å². The molecule has 2 bridgehead atoms. The molecule has 1 aliphatic carbocycles. The fourth-order valence-electron chi connectivity index (χ4n) is 7.26. The number of likely N-dealkylation sites (N-methyl/N-ethyl adjacent to an activating group) is 1. The number of hydrogen-bond donors (Lipinski definition) is 2. The molecule has 6 unspecified atom stereocenters. The number of aliphatic hydroxyl groups excluding tert-OH is 2. The summed E-state index contributed by atoms with van der Waals surface area (Å²) in [6.07, 6.45) is -0.184. The van der Waals surface area contributed by atoms with Crippen molar-refractivity contribution in [1.82, 2.24) is 14.7 Å². The van der Waals surface area contributed by atoms with Crippen LogP contribution in [0.2, 0.25) is 0 Å². The first-order valence-electron chi connectivity index (χ1n) is 10.7. The number of methoxy groups -OCH3 is 1. The van der Waals surface area contributed by atoms with Crippen LogP contribution in [0.15, 0.2) is 22.5 Å². The summed E-state index contributed by atoms with van der Waals surface area (Å²) in [4.78, 5) is 33.3. The molecule has 6 rings (SSSR count). The number of hydrogen-bond acceptors (Lipinski definition) is 9. The quantitative estimate of drug-likeness (QED) is 0.518. The summed E-state index contributed by atoms with van der Waals surface area (Å²) in [6, 6.07) is -1.31. The lowest BCUT2D eigenvalue weighted by molar-refractivity contribution is -0.187. The minimum Gasteiger partial charge on any atom is -0.492 e. The topological polar surface area (TPSA) is 103 Å². The molecule has 9 heteroatoms. The number of piperidine rings is 1. The van der Waals surface area contributed by atoms with Gasteiger partial charge in [0.05, 0.1) is 32.4 Å². The van der Waals surface area contributed by atoms with Crippen LogP contribution in [0, 0.1) is 5.92 Å². The van der Waals surface area contributed by atoms with Crippen molar-refractivity contribution in [2.24, 2.45) is 5.92 Å². The van der Waals surface area contributed by atoms with Crippen LogP contribution in [0.1, 0.15) is 13.3 Å². The Kier molecular flexibility index (Phi) is 3.95. The zero-order valence-corrected chi connectivity index (χ0v) is 17.3. The van der Waals surface area contributed by atoms with Crippen molar-refractivity contribution in [2.75, 3.05) is 33.9 Å². The van der Waals surface area contributed by atoms with Gasteiger partial charge in [0.2, 0.25) is 5.78 Å². The molecule has 0 spiro atoms. The molecule has 9 nitrogen and oxygen atoms in total. The van der Waals surface area contributed by atoms with E-state index in [2.05, 4.69) is 9.80 Å². The van der Waals surface area contributed by atoms with Gasteiger partial charge in [-0.15, -0.1) is 0 Å². The van der Waals surface area contributed by atoms with Gasteiger partial charge < -0.3 is 19.7 Å². The molecular formula is C21H27N3O6. The first kappa shape index (κ1) is 19.1. The number of rotatable bonds is 2. The van der Waals surface area contributed by atoms with Crippen LogP contribution in [-0.2, 0) is 19.1 Å². The fourth-order valence-corrected chi connectivity index (χ4v) is 7.26. The van der Waals surface area contributed by atoms with Crippen LogP contribution in [-0.4, -0.2) is 113 Å². The predicted octanol–water partition coefficient (Wildman–Crippen LogP) is -1.54. The molecule has 0 saturated carbocycles. The highest BCUT2D eigenvalue weighted by atomic mass is 16.5. The van der Waals surface area contributed by atoms with E-state index in [1.54, 1.807) is 6.92 Å². The number of carbonyl (C=O) groups excluding carboxylic acids is 2. The average molecular weight is 417 g/mol. The number of piperazine rings is 1. The zero-order chi connectivity index (χ0) is 21.1. The number of carbonyl (C=O) groups is 2. The van der Waals surface area contributed by atoms with E-state index < -0.39 is 12.3 Å². The molecule has 5 heterocycles. The molecule has 4 fully saturated rings. The molecule has 0 aromatic heterocycles. The Hall–Kier alpha value is -1.62. The van der Waals surface area contributed by atoms with Gasteiger partial charge in [0.15, 0.2) is 11.5 Å². The highest BCUT2D eigenvalue weighted by molar-refractivity contribution is 6.25. The second-order valence-electron chi connectivity index (χ2n) is 9.26. The highest BCUT2D eigenvalue weighted by Gasteiger charge is 2.68. The molecular weight excluding hydrogens is 390 g/mol. The summed E-state index contributed by atoms with van der Waals surface area (Å²) in [5.74, 6) is -0.319. The average Bonchev–Trinajstić information content (AvgIpc) is 3.32. The lowest BCUT2D eigenvalue weighted by Crippen LogP contribution is -2.78. The molecule has 5 aliphatic heterocycles. The summed E-state index contributed by atoms with van der Waals surface area (Å²) in [7, 11) is 3.41. The second kappa shape index (κ2) is 6.21. The Morgan fingerprint density at radius 1 is 1.20 bits per heavy atom. The summed E-state index contributed by atoms with van der Waals surface area (Å²) >= 11 is 0. The number of ketones is 2. The molecule has 162 valence electrons. The Labute approximate surface area is 174 Å². The molecule has 6 aliphatic rings. The summed E-state index contributed by atoms with van der Waals surface area (Å²) in [5.41, 5.74) is 1.04. The van der Waals surface area contributed by atoms with Crippen LogP contribution < -0.4 is 0 Å². The molecule has 0 radical (unpaired) electrons. The maximum absolute atomic E-state index is 13.6. The van der Waals surface area contributed by atoms with Gasteiger partial charge in [-0.25, -0.2) is 0 Å². The maximum Gasteiger partial charge on any atom is 0.226 e. The number of nitrogens with zero attached hydrogens (tertiary/aromatic N) is 3. The van der Waals surface area contributed by atoms with E-state index in [0.29, 0.717) is 24.3 Å². The lowest BCUT2D eigenvalue weighted by atomic mass is 9.69. The van der Waals surface area contributed by atoms with Crippen molar-refractivity contribution in [2.45, 2.75) is 56.0 Å². The summed E-state index contributed by atoms with van der Waals surface area (Å²) < 4.78 is 11.4. The SMILES string of the molecule is COC1=C(C)C(=O)C2=C(C1=O)[C@@H](CO)N1C3C4C(CC([C@H]1O)N4C)C1OCCN1C23. The number of allylic oxidation sites excluding steroid dienone is 2. The van der Waals surface area contributed by atoms with E-state index in [1.807, 2.05) is 11.9 Å². The largest absolute Gasteiger partial charge is 0.492 e. The van der Waals surface area contributed by atoms with Gasteiger partial charge in [0.25, 0.3) is 0 Å². The fraction of sp³-hybridized carbons (Fsp3) is 0.714. The molecule has 4 saturated heterocycles. The number of fused-ring (bicyclic) bond motifs is 5. The third-order valence-corrected chi connectivity index (χ3v) is 8.33.